The molecule has 5 heteroatoms. The van der Waals surface area contributed by atoms with Crippen molar-refractivity contribution in [2.24, 2.45) is 0 Å². The van der Waals surface area contributed by atoms with E-state index in [1.54, 1.807) is 48.5 Å². The summed E-state index contributed by atoms with van der Waals surface area (Å²) in [5.74, 6) is -0.561. The van der Waals surface area contributed by atoms with Gasteiger partial charge >= 0.3 is 5.97 Å². The van der Waals surface area contributed by atoms with Gasteiger partial charge in [-0.2, -0.15) is 0 Å². The summed E-state index contributed by atoms with van der Waals surface area (Å²) >= 11 is 5.78. The molecule has 2 aromatic carbocycles. The Labute approximate surface area is 134 Å². The number of esters is 1. The SMILES string of the molecule is O=C(CCNC(=O)c1ccccc1)OCc1ccc(Cl)cc1. The van der Waals surface area contributed by atoms with Crippen LogP contribution in [0.5, 0.6) is 0 Å². The second-order valence-electron chi connectivity index (χ2n) is 4.66. The fourth-order valence-corrected chi connectivity index (χ4v) is 1.91. The van der Waals surface area contributed by atoms with Gasteiger partial charge in [-0.15, -0.1) is 0 Å². The minimum Gasteiger partial charge on any atom is -0.461 e. The molecule has 0 aliphatic heterocycles. The zero-order chi connectivity index (χ0) is 15.8. The molecule has 0 aliphatic rings. The summed E-state index contributed by atoms with van der Waals surface area (Å²) in [5.41, 5.74) is 1.43. The Hall–Kier alpha value is -2.33. The second-order valence-corrected chi connectivity index (χ2v) is 5.10. The van der Waals surface area contributed by atoms with E-state index < -0.39 is 0 Å². The monoisotopic (exact) mass is 317 g/mol. The average Bonchev–Trinajstić information content (AvgIpc) is 2.55. The van der Waals surface area contributed by atoms with E-state index in [2.05, 4.69) is 5.32 Å². The quantitative estimate of drug-likeness (QED) is 0.832. The number of carbonyl (C=O) groups excluding carboxylic acids is 2. The Bertz CT molecular complexity index is 626. The molecule has 0 heterocycles. The first-order chi connectivity index (χ1) is 10.6. The molecular weight excluding hydrogens is 302 g/mol. The lowest BCUT2D eigenvalue weighted by molar-refractivity contribution is -0.144. The largest absolute Gasteiger partial charge is 0.461 e. The van der Waals surface area contributed by atoms with E-state index in [0.717, 1.165) is 5.56 Å². The number of hydrogen-bond acceptors (Lipinski definition) is 3. The van der Waals surface area contributed by atoms with Gasteiger partial charge in [-0.05, 0) is 29.8 Å². The number of carbonyl (C=O) groups is 2. The third-order valence-corrected chi connectivity index (χ3v) is 3.22. The van der Waals surface area contributed by atoms with E-state index in [-0.39, 0.29) is 31.4 Å². The number of rotatable bonds is 6. The van der Waals surface area contributed by atoms with Crippen molar-refractivity contribution in [3.05, 3.63) is 70.7 Å². The maximum Gasteiger partial charge on any atom is 0.307 e. The van der Waals surface area contributed by atoms with Crippen LogP contribution >= 0.6 is 11.6 Å². The number of hydrogen-bond donors (Lipinski definition) is 1. The van der Waals surface area contributed by atoms with Crippen molar-refractivity contribution in [3.8, 4) is 0 Å². The highest BCUT2D eigenvalue weighted by molar-refractivity contribution is 6.30. The second kappa shape index (κ2) is 8.20. The summed E-state index contributed by atoms with van der Waals surface area (Å²) in [4.78, 5) is 23.4. The molecule has 0 aliphatic carbocycles. The summed E-state index contributed by atoms with van der Waals surface area (Å²) in [6, 6.07) is 15.9. The molecule has 0 saturated heterocycles. The van der Waals surface area contributed by atoms with E-state index in [4.69, 9.17) is 16.3 Å². The molecule has 4 nitrogen and oxygen atoms in total. The number of ether oxygens (including phenoxy) is 1. The van der Waals surface area contributed by atoms with Crippen LogP contribution < -0.4 is 5.32 Å². The van der Waals surface area contributed by atoms with E-state index >= 15 is 0 Å². The smallest absolute Gasteiger partial charge is 0.307 e. The van der Waals surface area contributed by atoms with Crippen molar-refractivity contribution >= 4 is 23.5 Å². The highest BCUT2D eigenvalue weighted by Gasteiger charge is 2.07. The summed E-state index contributed by atoms with van der Waals surface area (Å²) in [5, 5.41) is 3.32. The molecule has 0 radical (unpaired) electrons. The molecule has 114 valence electrons. The fourth-order valence-electron chi connectivity index (χ4n) is 1.79. The maximum absolute atomic E-state index is 11.8. The van der Waals surface area contributed by atoms with E-state index in [1.807, 2.05) is 6.07 Å². The van der Waals surface area contributed by atoms with Crippen LogP contribution in [0.15, 0.2) is 54.6 Å². The van der Waals surface area contributed by atoms with Gasteiger partial charge in [0, 0.05) is 17.1 Å². The number of halogens is 1. The Balaban J connectivity index is 1.67. The summed E-state index contributed by atoms with van der Waals surface area (Å²) in [7, 11) is 0. The van der Waals surface area contributed by atoms with Gasteiger partial charge in [0.1, 0.15) is 6.61 Å². The highest BCUT2D eigenvalue weighted by Crippen LogP contribution is 2.10. The van der Waals surface area contributed by atoms with Crippen molar-refractivity contribution in [2.45, 2.75) is 13.0 Å². The molecule has 22 heavy (non-hydrogen) atoms. The van der Waals surface area contributed by atoms with Gasteiger partial charge in [0.2, 0.25) is 0 Å². The lowest BCUT2D eigenvalue weighted by atomic mass is 10.2. The van der Waals surface area contributed by atoms with Crippen LogP contribution in [-0.2, 0) is 16.1 Å². The van der Waals surface area contributed by atoms with Crippen molar-refractivity contribution in [1.82, 2.24) is 5.32 Å². The minimum absolute atomic E-state index is 0.131. The molecule has 0 spiro atoms. The zero-order valence-electron chi connectivity index (χ0n) is 11.9. The summed E-state index contributed by atoms with van der Waals surface area (Å²) in [6.07, 6.45) is 0.131. The molecule has 0 fully saturated rings. The molecule has 1 amide bonds. The van der Waals surface area contributed by atoms with Gasteiger partial charge in [0.15, 0.2) is 0 Å². The van der Waals surface area contributed by atoms with Crippen LogP contribution in [0.1, 0.15) is 22.3 Å². The first kappa shape index (κ1) is 16.0. The van der Waals surface area contributed by atoms with Crippen LogP contribution in [0.3, 0.4) is 0 Å². The van der Waals surface area contributed by atoms with E-state index in [9.17, 15) is 9.59 Å². The van der Waals surface area contributed by atoms with Crippen molar-refractivity contribution in [1.29, 1.82) is 0 Å². The Morgan fingerprint density at radius 3 is 2.36 bits per heavy atom. The number of amides is 1. The van der Waals surface area contributed by atoms with Gasteiger partial charge in [-0.1, -0.05) is 41.9 Å². The first-order valence-corrected chi connectivity index (χ1v) is 7.26. The predicted octanol–water partition coefficient (Wildman–Crippen LogP) is 3.20. The van der Waals surface area contributed by atoms with Gasteiger partial charge in [-0.3, -0.25) is 9.59 Å². The van der Waals surface area contributed by atoms with E-state index in [1.165, 1.54) is 0 Å². The topological polar surface area (TPSA) is 55.4 Å². The van der Waals surface area contributed by atoms with Gasteiger partial charge in [-0.25, -0.2) is 0 Å². The molecular formula is C17H16ClNO3. The molecule has 0 bridgehead atoms. The molecule has 0 saturated carbocycles. The lowest BCUT2D eigenvalue weighted by Gasteiger charge is -2.06. The highest BCUT2D eigenvalue weighted by atomic mass is 35.5. The van der Waals surface area contributed by atoms with Crippen molar-refractivity contribution in [2.75, 3.05) is 6.54 Å². The van der Waals surface area contributed by atoms with Crippen LogP contribution in [-0.4, -0.2) is 18.4 Å². The molecule has 2 aromatic rings. The van der Waals surface area contributed by atoms with Crippen LogP contribution in [0.25, 0.3) is 0 Å². The average molecular weight is 318 g/mol. The molecule has 0 aromatic heterocycles. The predicted molar refractivity (Wildman–Crippen MR) is 84.6 cm³/mol. The lowest BCUT2D eigenvalue weighted by Crippen LogP contribution is -2.26. The third-order valence-electron chi connectivity index (χ3n) is 2.96. The minimum atomic E-state index is -0.358. The summed E-state index contributed by atoms with van der Waals surface area (Å²) < 4.78 is 5.12. The zero-order valence-corrected chi connectivity index (χ0v) is 12.7. The Morgan fingerprint density at radius 1 is 1.00 bits per heavy atom. The van der Waals surface area contributed by atoms with Crippen LogP contribution in [0.4, 0.5) is 0 Å². The van der Waals surface area contributed by atoms with Gasteiger partial charge < -0.3 is 10.1 Å². The van der Waals surface area contributed by atoms with Crippen LogP contribution in [0.2, 0.25) is 5.02 Å². The molecule has 2 rings (SSSR count). The Kier molecular flexibility index (Phi) is 5.98. The number of benzene rings is 2. The standard InChI is InChI=1S/C17H16ClNO3/c18-15-8-6-13(7-9-15)12-22-16(20)10-11-19-17(21)14-4-2-1-3-5-14/h1-9H,10-12H2,(H,19,21). The fraction of sp³-hybridized carbons (Fsp3) is 0.176. The normalized spacial score (nSPS) is 10.0. The molecule has 1 N–H and O–H groups in total. The molecule has 0 atom stereocenters. The first-order valence-electron chi connectivity index (χ1n) is 6.88. The van der Waals surface area contributed by atoms with E-state index in [0.29, 0.717) is 10.6 Å². The van der Waals surface area contributed by atoms with Crippen molar-refractivity contribution < 1.29 is 14.3 Å². The van der Waals surface area contributed by atoms with Gasteiger partial charge in [0.25, 0.3) is 5.91 Å². The van der Waals surface area contributed by atoms with Crippen LogP contribution in [0, 0.1) is 0 Å². The maximum atomic E-state index is 11.8. The number of nitrogens with one attached hydrogen (secondary N) is 1. The van der Waals surface area contributed by atoms with Gasteiger partial charge in [0.05, 0.1) is 6.42 Å². The summed E-state index contributed by atoms with van der Waals surface area (Å²) in [6.45, 7) is 0.440. The van der Waals surface area contributed by atoms with Crippen molar-refractivity contribution in [3.63, 3.8) is 0 Å². The third kappa shape index (κ3) is 5.22. The Morgan fingerprint density at radius 2 is 1.68 bits per heavy atom. The molecule has 0 unspecified atom stereocenters.